The van der Waals surface area contributed by atoms with E-state index < -0.39 is 23.7 Å². The molecule has 3 aromatic rings. The second kappa shape index (κ2) is 10.6. The van der Waals surface area contributed by atoms with Gasteiger partial charge < -0.3 is 21.5 Å². The molecule has 3 rings (SSSR count). The molecule has 0 aliphatic heterocycles. The summed E-state index contributed by atoms with van der Waals surface area (Å²) in [7, 11) is 0. The molecular weight excluding hydrogens is 451 g/mol. The fourth-order valence-electron chi connectivity index (χ4n) is 3.33. The van der Waals surface area contributed by atoms with E-state index in [0.717, 1.165) is 6.20 Å². The summed E-state index contributed by atoms with van der Waals surface area (Å²) < 4.78 is 40.6. The Labute approximate surface area is 193 Å². The molecule has 0 saturated carbocycles. The van der Waals surface area contributed by atoms with E-state index in [1.807, 2.05) is 0 Å². The molecule has 0 saturated heterocycles. The molecular formula is C23H22F3N5O3. The van der Waals surface area contributed by atoms with Crippen LogP contribution in [0.3, 0.4) is 0 Å². The molecule has 11 heteroatoms. The normalized spacial score (nSPS) is 11.1. The fraction of sp³-hybridized carbons (Fsp3) is 0.217. The van der Waals surface area contributed by atoms with Crippen LogP contribution in [0, 0.1) is 0 Å². The van der Waals surface area contributed by atoms with Crippen LogP contribution in [0.1, 0.15) is 27.9 Å². The maximum Gasteiger partial charge on any atom is 0.419 e. The largest absolute Gasteiger partial charge is 0.465 e. The van der Waals surface area contributed by atoms with Crippen molar-refractivity contribution in [3.05, 3.63) is 82.7 Å². The van der Waals surface area contributed by atoms with Gasteiger partial charge in [-0.15, -0.1) is 0 Å². The van der Waals surface area contributed by atoms with Crippen LogP contribution in [-0.4, -0.2) is 27.1 Å². The Morgan fingerprint density at radius 3 is 2.29 bits per heavy atom. The number of benzene rings is 2. The lowest BCUT2D eigenvalue weighted by molar-refractivity contribution is -0.138. The first kappa shape index (κ1) is 24.5. The summed E-state index contributed by atoms with van der Waals surface area (Å²) in [5.74, 6) is -0.536. The van der Waals surface area contributed by atoms with Gasteiger partial charge in [0.05, 0.1) is 17.7 Å². The van der Waals surface area contributed by atoms with Gasteiger partial charge in [-0.2, -0.15) is 13.2 Å². The smallest absolute Gasteiger partial charge is 0.419 e. The number of primary amides is 1. The first-order chi connectivity index (χ1) is 16.1. The SMILES string of the molecule is NC(=O)Cc1ccccc1CCc1nc(Nc2ccc(CNC(=O)O)cc2)ncc1C(F)(F)F. The average molecular weight is 473 g/mol. The van der Waals surface area contributed by atoms with E-state index in [1.54, 1.807) is 48.5 Å². The van der Waals surface area contributed by atoms with Crippen LogP contribution in [0.4, 0.5) is 29.6 Å². The number of nitrogens with one attached hydrogen (secondary N) is 2. The monoisotopic (exact) mass is 473 g/mol. The molecule has 2 amide bonds. The number of alkyl halides is 3. The van der Waals surface area contributed by atoms with Crippen molar-refractivity contribution < 1.29 is 27.9 Å². The number of carboxylic acid groups (broad SMARTS) is 1. The summed E-state index contributed by atoms with van der Waals surface area (Å²) in [6.07, 6.45) is -4.83. The summed E-state index contributed by atoms with van der Waals surface area (Å²) in [5.41, 5.74) is 6.76. The van der Waals surface area contributed by atoms with Crippen molar-refractivity contribution in [3.63, 3.8) is 0 Å². The Balaban J connectivity index is 1.79. The minimum atomic E-state index is -4.63. The topological polar surface area (TPSA) is 130 Å². The van der Waals surface area contributed by atoms with Gasteiger partial charge in [-0.05, 0) is 41.7 Å². The second-order valence-corrected chi connectivity index (χ2v) is 7.44. The zero-order chi connectivity index (χ0) is 24.7. The van der Waals surface area contributed by atoms with E-state index in [2.05, 4.69) is 20.6 Å². The van der Waals surface area contributed by atoms with E-state index in [9.17, 15) is 22.8 Å². The Morgan fingerprint density at radius 1 is 1.00 bits per heavy atom. The average Bonchev–Trinajstić information content (AvgIpc) is 2.77. The highest BCUT2D eigenvalue weighted by atomic mass is 19.4. The van der Waals surface area contributed by atoms with Crippen LogP contribution < -0.4 is 16.4 Å². The number of rotatable bonds is 9. The highest BCUT2D eigenvalue weighted by molar-refractivity contribution is 5.77. The maximum atomic E-state index is 13.5. The minimum absolute atomic E-state index is 0.00311. The van der Waals surface area contributed by atoms with Crippen LogP contribution in [0.5, 0.6) is 0 Å². The Kier molecular flexibility index (Phi) is 7.67. The van der Waals surface area contributed by atoms with Crippen molar-refractivity contribution >= 4 is 23.6 Å². The Morgan fingerprint density at radius 2 is 1.68 bits per heavy atom. The molecule has 2 aromatic carbocycles. The Bertz CT molecular complexity index is 1170. The van der Waals surface area contributed by atoms with Gasteiger partial charge in [0, 0.05) is 18.4 Å². The number of amides is 2. The van der Waals surface area contributed by atoms with Gasteiger partial charge in [0.2, 0.25) is 11.9 Å². The van der Waals surface area contributed by atoms with Crippen molar-refractivity contribution in [1.82, 2.24) is 15.3 Å². The summed E-state index contributed by atoms with van der Waals surface area (Å²) in [6, 6.07) is 13.5. The number of carbonyl (C=O) groups is 2. The van der Waals surface area contributed by atoms with Crippen molar-refractivity contribution in [2.75, 3.05) is 5.32 Å². The molecule has 0 atom stereocenters. The van der Waals surface area contributed by atoms with Gasteiger partial charge in [0.25, 0.3) is 0 Å². The van der Waals surface area contributed by atoms with Crippen molar-refractivity contribution in [1.29, 1.82) is 0 Å². The zero-order valence-corrected chi connectivity index (χ0v) is 17.9. The lowest BCUT2D eigenvalue weighted by Crippen LogP contribution is -2.19. The summed E-state index contributed by atoms with van der Waals surface area (Å²) in [6.45, 7) is 0.119. The molecule has 0 bridgehead atoms. The lowest BCUT2D eigenvalue weighted by Gasteiger charge is -2.14. The number of aryl methyl sites for hydroxylation is 2. The number of hydrogen-bond acceptors (Lipinski definition) is 5. The number of carbonyl (C=O) groups excluding carboxylic acids is 1. The lowest BCUT2D eigenvalue weighted by atomic mass is 9.98. The Hall–Kier alpha value is -4.15. The first-order valence-corrected chi connectivity index (χ1v) is 10.2. The van der Waals surface area contributed by atoms with Gasteiger partial charge in [-0.1, -0.05) is 36.4 Å². The summed E-state index contributed by atoms with van der Waals surface area (Å²) >= 11 is 0. The molecule has 178 valence electrons. The molecule has 1 heterocycles. The van der Waals surface area contributed by atoms with Gasteiger partial charge in [0.1, 0.15) is 0 Å². The molecule has 0 fully saturated rings. The molecule has 0 aliphatic rings. The highest BCUT2D eigenvalue weighted by Gasteiger charge is 2.34. The number of aromatic nitrogens is 2. The van der Waals surface area contributed by atoms with Crippen LogP contribution in [0.2, 0.25) is 0 Å². The van der Waals surface area contributed by atoms with Crippen molar-refractivity contribution in [2.45, 2.75) is 32.0 Å². The van der Waals surface area contributed by atoms with E-state index in [1.165, 1.54) is 0 Å². The molecule has 1 aromatic heterocycles. The number of nitrogens with zero attached hydrogens (tertiary/aromatic N) is 2. The van der Waals surface area contributed by atoms with Crippen molar-refractivity contribution in [2.24, 2.45) is 5.73 Å². The number of halogens is 3. The second-order valence-electron chi connectivity index (χ2n) is 7.44. The van der Waals surface area contributed by atoms with E-state index in [4.69, 9.17) is 10.8 Å². The third kappa shape index (κ3) is 6.92. The number of anilines is 2. The quantitative estimate of drug-likeness (QED) is 0.374. The van der Waals surface area contributed by atoms with Crippen molar-refractivity contribution in [3.8, 4) is 0 Å². The van der Waals surface area contributed by atoms with Gasteiger partial charge in [-0.3, -0.25) is 4.79 Å². The predicted octanol–water partition coefficient (Wildman–Crippen LogP) is 3.82. The predicted molar refractivity (Wildman–Crippen MR) is 118 cm³/mol. The van der Waals surface area contributed by atoms with E-state index in [-0.39, 0.29) is 37.4 Å². The highest BCUT2D eigenvalue weighted by Crippen LogP contribution is 2.32. The van der Waals surface area contributed by atoms with Crippen LogP contribution >= 0.6 is 0 Å². The van der Waals surface area contributed by atoms with Gasteiger partial charge in [-0.25, -0.2) is 14.8 Å². The van der Waals surface area contributed by atoms with Crippen LogP contribution in [0.15, 0.2) is 54.7 Å². The number of nitrogens with two attached hydrogens (primary N) is 1. The molecule has 8 nitrogen and oxygen atoms in total. The third-order valence-corrected chi connectivity index (χ3v) is 4.94. The molecule has 34 heavy (non-hydrogen) atoms. The van der Waals surface area contributed by atoms with Gasteiger partial charge >= 0.3 is 12.3 Å². The molecule has 0 radical (unpaired) electrons. The van der Waals surface area contributed by atoms with Crippen LogP contribution in [-0.2, 0) is 36.8 Å². The third-order valence-electron chi connectivity index (χ3n) is 4.94. The van der Waals surface area contributed by atoms with Crippen LogP contribution in [0.25, 0.3) is 0 Å². The minimum Gasteiger partial charge on any atom is -0.465 e. The van der Waals surface area contributed by atoms with Gasteiger partial charge in [0.15, 0.2) is 0 Å². The zero-order valence-electron chi connectivity index (χ0n) is 17.9. The van der Waals surface area contributed by atoms with E-state index in [0.29, 0.717) is 22.4 Å². The summed E-state index contributed by atoms with van der Waals surface area (Å²) in [4.78, 5) is 29.8. The molecule has 0 unspecified atom stereocenters. The first-order valence-electron chi connectivity index (χ1n) is 10.2. The molecule has 0 aliphatic carbocycles. The summed E-state index contributed by atoms with van der Waals surface area (Å²) in [5, 5.41) is 13.8. The maximum absolute atomic E-state index is 13.5. The van der Waals surface area contributed by atoms with E-state index >= 15 is 0 Å². The molecule has 0 spiro atoms. The fourth-order valence-corrected chi connectivity index (χ4v) is 3.33. The molecule has 5 N–H and O–H groups in total. The standard InChI is InChI=1S/C23H22F3N5O3/c24-23(25,26)18-13-28-21(30-17-8-5-14(6-9-17)12-29-22(33)34)31-19(18)10-7-15-3-1-2-4-16(15)11-20(27)32/h1-6,8-9,13,29H,7,10-12H2,(H2,27,32)(H,33,34)(H,28,30,31). The number of hydrogen-bond donors (Lipinski definition) is 4.